The van der Waals surface area contributed by atoms with E-state index in [-0.39, 0.29) is 11.4 Å². The van der Waals surface area contributed by atoms with E-state index >= 15 is 0 Å². The number of hydrogen-bond acceptors (Lipinski definition) is 3. The Labute approximate surface area is 124 Å². The van der Waals surface area contributed by atoms with Crippen molar-refractivity contribution in [2.24, 2.45) is 0 Å². The second-order valence-electron chi connectivity index (χ2n) is 5.36. The van der Waals surface area contributed by atoms with Crippen LogP contribution in [0.1, 0.15) is 45.7 Å². The van der Waals surface area contributed by atoms with Gasteiger partial charge in [-0.3, -0.25) is 9.59 Å². The summed E-state index contributed by atoms with van der Waals surface area (Å²) < 4.78 is 5.42. The lowest BCUT2D eigenvalue weighted by atomic mass is 9.95. The molecule has 0 heterocycles. The summed E-state index contributed by atoms with van der Waals surface area (Å²) in [6.45, 7) is 3.95. The first-order valence-corrected chi connectivity index (χ1v) is 6.73. The van der Waals surface area contributed by atoms with Crippen molar-refractivity contribution in [1.29, 1.82) is 0 Å². The van der Waals surface area contributed by atoms with E-state index in [1.165, 1.54) is 0 Å². The van der Waals surface area contributed by atoms with Gasteiger partial charge in [-0.05, 0) is 19.4 Å². The minimum Gasteiger partial charge on any atom is -0.374 e. The van der Waals surface area contributed by atoms with Crippen LogP contribution in [0.3, 0.4) is 0 Å². The Morgan fingerprint density at radius 3 is 1.86 bits per heavy atom. The average molecular weight is 282 g/mol. The highest BCUT2D eigenvalue weighted by Gasteiger charge is 2.19. The lowest BCUT2D eigenvalue weighted by Gasteiger charge is -2.23. The van der Waals surface area contributed by atoms with E-state index in [9.17, 15) is 9.59 Å². The molecule has 0 bridgehead atoms. The van der Waals surface area contributed by atoms with Crippen LogP contribution in [0.5, 0.6) is 0 Å². The molecule has 108 valence electrons. The quantitative estimate of drug-likeness (QED) is 0.621. The monoisotopic (exact) mass is 282 g/mol. The van der Waals surface area contributed by atoms with Crippen molar-refractivity contribution in [2.75, 3.05) is 7.11 Å². The van der Waals surface area contributed by atoms with Gasteiger partial charge in [0.15, 0.2) is 5.78 Å². The summed E-state index contributed by atoms with van der Waals surface area (Å²) in [4.78, 5) is 23.0. The summed E-state index contributed by atoms with van der Waals surface area (Å²) in [5, 5.41) is 0. The molecule has 0 aliphatic heterocycles. The highest BCUT2D eigenvalue weighted by Crippen LogP contribution is 2.24. The topological polar surface area (TPSA) is 43.4 Å². The highest BCUT2D eigenvalue weighted by molar-refractivity contribution is 6.09. The summed E-state index contributed by atoms with van der Waals surface area (Å²) in [5.41, 5.74) is 2.37. The van der Waals surface area contributed by atoms with Crippen LogP contribution in [0.4, 0.5) is 0 Å². The fourth-order valence-corrected chi connectivity index (χ4v) is 2.02. The number of benzene rings is 2. The van der Waals surface area contributed by atoms with E-state index in [0.29, 0.717) is 16.7 Å². The van der Waals surface area contributed by atoms with E-state index < -0.39 is 0 Å². The minimum absolute atomic E-state index is 0.0609. The molecule has 2 aromatic rings. The highest BCUT2D eigenvalue weighted by atomic mass is 16.5. The molecule has 0 spiro atoms. The van der Waals surface area contributed by atoms with E-state index in [4.69, 9.17) is 4.74 Å². The molecular weight excluding hydrogens is 264 g/mol. The van der Waals surface area contributed by atoms with Crippen LogP contribution < -0.4 is 0 Å². The molecule has 0 aromatic heterocycles. The largest absolute Gasteiger partial charge is 0.374 e. The second-order valence-corrected chi connectivity index (χ2v) is 5.36. The number of carbonyl (C=O) groups is 2. The maximum absolute atomic E-state index is 12.4. The van der Waals surface area contributed by atoms with Crippen molar-refractivity contribution < 1.29 is 14.3 Å². The Balaban J connectivity index is 2.25. The predicted molar refractivity (Wildman–Crippen MR) is 81.7 cm³/mol. The van der Waals surface area contributed by atoms with Crippen LogP contribution >= 0.6 is 0 Å². The Morgan fingerprint density at radius 1 is 0.952 bits per heavy atom. The van der Waals surface area contributed by atoms with Crippen molar-refractivity contribution in [3.63, 3.8) is 0 Å². The van der Waals surface area contributed by atoms with Crippen molar-refractivity contribution in [2.45, 2.75) is 19.4 Å². The number of ketones is 1. The second kappa shape index (κ2) is 6.02. The van der Waals surface area contributed by atoms with E-state index in [1.807, 2.05) is 26.0 Å². The average Bonchev–Trinajstić information content (AvgIpc) is 2.54. The van der Waals surface area contributed by atoms with Crippen LogP contribution in [0, 0.1) is 0 Å². The third kappa shape index (κ3) is 3.26. The molecule has 0 N–H and O–H groups in total. The molecule has 0 amide bonds. The molecule has 0 radical (unpaired) electrons. The third-order valence-corrected chi connectivity index (χ3v) is 3.66. The summed E-state index contributed by atoms with van der Waals surface area (Å²) in [7, 11) is 1.66. The summed E-state index contributed by atoms with van der Waals surface area (Å²) >= 11 is 0. The molecule has 3 heteroatoms. The predicted octanol–water partition coefficient (Wildman–Crippen LogP) is 3.61. The lowest BCUT2D eigenvalue weighted by Crippen LogP contribution is -2.19. The fourth-order valence-electron chi connectivity index (χ4n) is 2.02. The Kier molecular flexibility index (Phi) is 4.34. The normalized spacial score (nSPS) is 11.2. The van der Waals surface area contributed by atoms with E-state index in [0.717, 1.165) is 11.8 Å². The van der Waals surface area contributed by atoms with Gasteiger partial charge in [0, 0.05) is 23.8 Å². The molecular formula is C18H18O3. The fraction of sp³-hybridized carbons (Fsp3) is 0.222. The van der Waals surface area contributed by atoms with Crippen LogP contribution in [0.15, 0.2) is 48.5 Å². The Bertz CT molecular complexity index is 637. The van der Waals surface area contributed by atoms with Crippen LogP contribution in [-0.4, -0.2) is 19.2 Å². The first-order valence-electron chi connectivity index (χ1n) is 6.73. The van der Waals surface area contributed by atoms with Gasteiger partial charge in [-0.2, -0.15) is 0 Å². The Hall–Kier alpha value is -2.26. The van der Waals surface area contributed by atoms with Gasteiger partial charge in [0.25, 0.3) is 0 Å². The molecule has 0 saturated heterocycles. The molecule has 0 unspecified atom stereocenters. The first kappa shape index (κ1) is 15.1. The van der Waals surface area contributed by atoms with Crippen molar-refractivity contribution >= 4 is 12.1 Å². The van der Waals surface area contributed by atoms with E-state index in [2.05, 4.69) is 0 Å². The first-order chi connectivity index (χ1) is 9.97. The molecule has 3 nitrogen and oxygen atoms in total. The smallest absolute Gasteiger partial charge is 0.193 e. The van der Waals surface area contributed by atoms with Crippen LogP contribution in [0.25, 0.3) is 0 Å². The van der Waals surface area contributed by atoms with Gasteiger partial charge in [0.05, 0.1) is 5.60 Å². The molecule has 2 rings (SSSR count). The standard InChI is InChI=1S/C18H18O3/c1-18(2,21-3)16-10-8-15(9-11-16)17(20)14-6-4-13(12-19)5-7-14/h4-12H,1-3H3. The molecule has 0 aliphatic rings. The lowest BCUT2D eigenvalue weighted by molar-refractivity contribution is 0.0192. The van der Waals surface area contributed by atoms with Gasteiger partial charge in [-0.1, -0.05) is 48.5 Å². The SMILES string of the molecule is COC(C)(C)c1ccc(C(=O)c2ccc(C=O)cc2)cc1. The molecule has 2 aromatic carbocycles. The van der Waals surface area contributed by atoms with Gasteiger partial charge in [-0.25, -0.2) is 0 Å². The van der Waals surface area contributed by atoms with E-state index in [1.54, 1.807) is 43.5 Å². The molecule has 0 atom stereocenters. The number of rotatable bonds is 5. The third-order valence-electron chi connectivity index (χ3n) is 3.66. The summed E-state index contributed by atoms with van der Waals surface area (Å²) in [5.74, 6) is -0.0609. The van der Waals surface area contributed by atoms with Gasteiger partial charge in [0.1, 0.15) is 6.29 Å². The van der Waals surface area contributed by atoms with Crippen LogP contribution in [-0.2, 0) is 10.3 Å². The Morgan fingerprint density at radius 2 is 1.43 bits per heavy atom. The van der Waals surface area contributed by atoms with Crippen molar-refractivity contribution in [3.05, 3.63) is 70.8 Å². The number of ether oxygens (including phenoxy) is 1. The van der Waals surface area contributed by atoms with Crippen LogP contribution in [0.2, 0.25) is 0 Å². The van der Waals surface area contributed by atoms with Crippen molar-refractivity contribution in [3.8, 4) is 0 Å². The maximum Gasteiger partial charge on any atom is 0.193 e. The zero-order valence-electron chi connectivity index (χ0n) is 12.4. The number of carbonyl (C=O) groups excluding carboxylic acids is 2. The van der Waals surface area contributed by atoms with Crippen molar-refractivity contribution in [1.82, 2.24) is 0 Å². The summed E-state index contributed by atoms with van der Waals surface area (Å²) in [6, 6.07) is 14.0. The summed E-state index contributed by atoms with van der Waals surface area (Å²) in [6.07, 6.45) is 0.760. The van der Waals surface area contributed by atoms with Gasteiger partial charge in [0.2, 0.25) is 0 Å². The van der Waals surface area contributed by atoms with Gasteiger partial charge < -0.3 is 4.74 Å². The molecule has 0 saturated carbocycles. The zero-order chi connectivity index (χ0) is 15.5. The minimum atomic E-state index is -0.382. The molecule has 0 fully saturated rings. The number of hydrogen-bond donors (Lipinski definition) is 0. The van der Waals surface area contributed by atoms with Gasteiger partial charge >= 0.3 is 0 Å². The zero-order valence-corrected chi connectivity index (χ0v) is 12.4. The van der Waals surface area contributed by atoms with Gasteiger partial charge in [-0.15, -0.1) is 0 Å². The molecule has 0 aliphatic carbocycles. The maximum atomic E-state index is 12.4. The number of aldehydes is 1. The molecule has 21 heavy (non-hydrogen) atoms. The number of methoxy groups -OCH3 is 1.